The Morgan fingerprint density at radius 1 is 0.900 bits per heavy atom. The lowest BCUT2D eigenvalue weighted by atomic mass is 10.3. The van der Waals surface area contributed by atoms with Gasteiger partial charge in [0, 0.05) is 44.0 Å². The van der Waals surface area contributed by atoms with E-state index in [-0.39, 0.29) is 48.9 Å². The minimum atomic E-state index is -4.53. The first kappa shape index (κ1) is 22.4. The lowest BCUT2D eigenvalue weighted by Crippen LogP contribution is -2.37. The first-order valence-corrected chi connectivity index (χ1v) is 11.8. The van der Waals surface area contributed by atoms with Gasteiger partial charge in [-0.3, -0.25) is 0 Å². The molecule has 0 bridgehead atoms. The predicted octanol–water partition coefficient (Wildman–Crippen LogP) is 1.64. The standard InChI is InChI=1S/C18H21F2N3O5S2/c1-28-14-11-16(19)18(17(20)12-14)30(26,27)23-7-3-6-22(8-9-23)29(24,25)15-5-2-4-13(21)10-15/h2,4-5,10-12H,3,6-9,21H2,1H3. The quantitative estimate of drug-likeness (QED) is 0.678. The van der Waals surface area contributed by atoms with Gasteiger partial charge < -0.3 is 10.5 Å². The fourth-order valence-electron chi connectivity index (χ4n) is 3.20. The second kappa shape index (κ2) is 8.46. The minimum absolute atomic E-state index is 0.00829. The van der Waals surface area contributed by atoms with Gasteiger partial charge in [0.2, 0.25) is 20.0 Å². The fraction of sp³-hybridized carbons (Fsp3) is 0.333. The monoisotopic (exact) mass is 461 g/mol. The molecule has 164 valence electrons. The van der Waals surface area contributed by atoms with E-state index in [0.29, 0.717) is 0 Å². The first-order valence-electron chi connectivity index (χ1n) is 8.96. The van der Waals surface area contributed by atoms with E-state index in [2.05, 4.69) is 0 Å². The summed E-state index contributed by atoms with van der Waals surface area (Å²) in [4.78, 5) is -1.10. The lowest BCUT2D eigenvalue weighted by molar-refractivity contribution is 0.391. The van der Waals surface area contributed by atoms with E-state index in [9.17, 15) is 25.6 Å². The van der Waals surface area contributed by atoms with Gasteiger partial charge in [-0.25, -0.2) is 25.6 Å². The number of hydrogen-bond donors (Lipinski definition) is 1. The topological polar surface area (TPSA) is 110 Å². The van der Waals surface area contributed by atoms with Gasteiger partial charge in [0.25, 0.3) is 0 Å². The molecule has 1 aliphatic heterocycles. The summed E-state index contributed by atoms with van der Waals surface area (Å²) in [6, 6.07) is 7.33. The summed E-state index contributed by atoms with van der Waals surface area (Å²) in [6.07, 6.45) is 0.153. The van der Waals surface area contributed by atoms with Crippen molar-refractivity contribution in [3.05, 3.63) is 48.0 Å². The summed E-state index contributed by atoms with van der Waals surface area (Å²) >= 11 is 0. The van der Waals surface area contributed by atoms with Crippen LogP contribution in [0.4, 0.5) is 14.5 Å². The molecule has 0 atom stereocenters. The van der Waals surface area contributed by atoms with Gasteiger partial charge in [0.05, 0.1) is 12.0 Å². The molecule has 0 radical (unpaired) electrons. The zero-order chi connectivity index (χ0) is 22.1. The Hall–Kier alpha value is -2.28. The van der Waals surface area contributed by atoms with Crippen molar-refractivity contribution in [2.75, 3.05) is 39.0 Å². The Labute approximate surface area is 173 Å². The smallest absolute Gasteiger partial charge is 0.248 e. The van der Waals surface area contributed by atoms with E-state index in [1.807, 2.05) is 0 Å². The zero-order valence-electron chi connectivity index (χ0n) is 16.1. The second-order valence-electron chi connectivity index (χ2n) is 6.65. The average Bonchev–Trinajstić information content (AvgIpc) is 2.94. The molecule has 0 amide bonds. The molecule has 12 heteroatoms. The van der Waals surface area contributed by atoms with E-state index in [1.165, 1.54) is 25.3 Å². The van der Waals surface area contributed by atoms with Crippen LogP contribution in [-0.2, 0) is 20.0 Å². The van der Waals surface area contributed by atoms with Crippen LogP contribution >= 0.6 is 0 Å². The average molecular weight is 462 g/mol. The molecule has 30 heavy (non-hydrogen) atoms. The predicted molar refractivity (Wildman–Crippen MR) is 106 cm³/mol. The maximum absolute atomic E-state index is 14.3. The van der Waals surface area contributed by atoms with Gasteiger partial charge in [-0.1, -0.05) is 6.07 Å². The number of nitrogen functional groups attached to an aromatic ring is 1. The number of anilines is 1. The fourth-order valence-corrected chi connectivity index (χ4v) is 6.29. The number of benzene rings is 2. The highest BCUT2D eigenvalue weighted by Crippen LogP contribution is 2.28. The molecule has 2 N–H and O–H groups in total. The third-order valence-electron chi connectivity index (χ3n) is 4.72. The van der Waals surface area contributed by atoms with Crippen LogP contribution in [0.15, 0.2) is 46.2 Å². The highest BCUT2D eigenvalue weighted by Gasteiger charge is 2.35. The van der Waals surface area contributed by atoms with Crippen molar-refractivity contribution >= 4 is 25.7 Å². The van der Waals surface area contributed by atoms with Crippen LogP contribution in [0.2, 0.25) is 0 Å². The van der Waals surface area contributed by atoms with E-state index in [4.69, 9.17) is 10.5 Å². The van der Waals surface area contributed by atoms with Gasteiger partial charge in [0.1, 0.15) is 17.4 Å². The van der Waals surface area contributed by atoms with Gasteiger partial charge in [-0.2, -0.15) is 8.61 Å². The van der Waals surface area contributed by atoms with Crippen LogP contribution in [0, 0.1) is 11.6 Å². The normalized spacial score (nSPS) is 16.9. The van der Waals surface area contributed by atoms with Gasteiger partial charge in [-0.15, -0.1) is 0 Å². The first-order chi connectivity index (χ1) is 14.1. The zero-order valence-corrected chi connectivity index (χ0v) is 17.7. The molecule has 3 rings (SSSR count). The van der Waals surface area contributed by atoms with E-state index >= 15 is 0 Å². The Balaban J connectivity index is 1.86. The van der Waals surface area contributed by atoms with Crippen LogP contribution in [0.25, 0.3) is 0 Å². The molecule has 2 aromatic rings. The number of methoxy groups -OCH3 is 1. The number of nitrogens with zero attached hydrogens (tertiary/aromatic N) is 2. The van der Waals surface area contributed by atoms with Gasteiger partial charge >= 0.3 is 0 Å². The molecule has 0 aliphatic carbocycles. The SMILES string of the molecule is COc1cc(F)c(S(=O)(=O)N2CCCN(S(=O)(=O)c3cccc(N)c3)CC2)c(F)c1. The van der Waals surface area contributed by atoms with Crippen molar-refractivity contribution in [3.8, 4) is 5.75 Å². The van der Waals surface area contributed by atoms with Crippen molar-refractivity contribution in [1.29, 1.82) is 0 Å². The molecule has 0 unspecified atom stereocenters. The Morgan fingerprint density at radius 2 is 1.47 bits per heavy atom. The number of halogens is 2. The van der Waals surface area contributed by atoms with Gasteiger partial charge in [-0.05, 0) is 24.6 Å². The van der Waals surface area contributed by atoms with Crippen LogP contribution < -0.4 is 10.5 Å². The molecular weight excluding hydrogens is 440 g/mol. The van der Waals surface area contributed by atoms with Crippen molar-refractivity contribution in [3.63, 3.8) is 0 Å². The second-order valence-corrected chi connectivity index (χ2v) is 10.5. The van der Waals surface area contributed by atoms with Crippen molar-refractivity contribution in [2.45, 2.75) is 16.2 Å². The number of rotatable bonds is 5. The van der Waals surface area contributed by atoms with E-state index in [0.717, 1.165) is 20.7 Å². The molecule has 1 heterocycles. The molecule has 2 aromatic carbocycles. The van der Waals surface area contributed by atoms with Crippen LogP contribution in [0.3, 0.4) is 0 Å². The molecule has 1 saturated heterocycles. The van der Waals surface area contributed by atoms with Crippen LogP contribution in [0.1, 0.15) is 6.42 Å². The van der Waals surface area contributed by atoms with Gasteiger partial charge in [0.15, 0.2) is 4.90 Å². The maximum Gasteiger partial charge on any atom is 0.248 e. The molecule has 8 nitrogen and oxygen atoms in total. The van der Waals surface area contributed by atoms with E-state index in [1.54, 1.807) is 6.07 Å². The highest BCUT2D eigenvalue weighted by atomic mass is 32.2. The van der Waals surface area contributed by atoms with Crippen LogP contribution in [0.5, 0.6) is 5.75 Å². The number of nitrogens with two attached hydrogens (primary N) is 1. The third-order valence-corrected chi connectivity index (χ3v) is 8.56. The van der Waals surface area contributed by atoms with Crippen molar-refractivity contribution in [2.24, 2.45) is 0 Å². The highest BCUT2D eigenvalue weighted by molar-refractivity contribution is 7.89. The number of sulfonamides is 2. The molecule has 0 spiro atoms. The van der Waals surface area contributed by atoms with E-state index < -0.39 is 36.6 Å². The molecule has 1 aliphatic rings. The molecule has 0 aromatic heterocycles. The number of hydrogen-bond acceptors (Lipinski definition) is 6. The molecule has 0 saturated carbocycles. The lowest BCUT2D eigenvalue weighted by Gasteiger charge is -2.22. The third kappa shape index (κ3) is 4.26. The Bertz CT molecular complexity index is 1130. The largest absolute Gasteiger partial charge is 0.497 e. The summed E-state index contributed by atoms with van der Waals surface area (Å²) in [7, 11) is -7.22. The summed E-state index contributed by atoms with van der Waals surface area (Å²) in [5.41, 5.74) is 5.94. The Kier molecular flexibility index (Phi) is 6.32. The maximum atomic E-state index is 14.3. The molecular formula is C18H21F2N3O5S2. The Morgan fingerprint density at radius 3 is 2.00 bits per heavy atom. The molecule has 1 fully saturated rings. The minimum Gasteiger partial charge on any atom is -0.497 e. The summed E-state index contributed by atoms with van der Waals surface area (Å²) in [6.45, 7) is -0.461. The van der Waals surface area contributed by atoms with Crippen molar-refractivity contribution in [1.82, 2.24) is 8.61 Å². The van der Waals surface area contributed by atoms with Crippen LogP contribution in [-0.4, -0.2) is 58.7 Å². The summed E-state index contributed by atoms with van der Waals surface area (Å²) in [5.74, 6) is -2.71. The number of ether oxygens (including phenoxy) is 1. The van der Waals surface area contributed by atoms with Crippen molar-refractivity contribution < 1.29 is 30.4 Å². The summed E-state index contributed by atoms with van der Waals surface area (Å²) in [5, 5.41) is 0. The summed E-state index contributed by atoms with van der Waals surface area (Å²) < 4.78 is 86.9.